The number of para-hydroxylation sites is 1. The molecule has 4 nitrogen and oxygen atoms in total. The minimum Gasteiger partial charge on any atom is -0.457 e. The Morgan fingerprint density at radius 3 is 2.03 bits per heavy atom. The van der Waals surface area contributed by atoms with Crippen LogP contribution in [-0.4, -0.2) is 23.9 Å². The summed E-state index contributed by atoms with van der Waals surface area (Å²) < 4.78 is 5.90. The number of ether oxygens (including phenoxy) is 1. The Bertz CT molecular complexity index is 1190. The molecule has 0 heterocycles. The van der Waals surface area contributed by atoms with Crippen molar-refractivity contribution in [2.24, 2.45) is 5.73 Å². The molecule has 0 aromatic heterocycles. The fraction of sp³-hybridized carbons (Fsp3) is 0.194. The second-order valence-corrected chi connectivity index (χ2v) is 8.57. The Hall–Kier alpha value is -3.89. The summed E-state index contributed by atoms with van der Waals surface area (Å²) in [6.45, 7) is 1.69. The van der Waals surface area contributed by atoms with Crippen molar-refractivity contribution in [2.75, 3.05) is 13.1 Å². The van der Waals surface area contributed by atoms with Gasteiger partial charge in [0.2, 0.25) is 0 Å². The molecule has 0 aliphatic rings. The van der Waals surface area contributed by atoms with E-state index in [0.717, 1.165) is 47.5 Å². The van der Waals surface area contributed by atoms with Gasteiger partial charge < -0.3 is 15.4 Å². The number of carbonyl (C=O) groups excluding carboxylic acids is 1. The highest BCUT2D eigenvalue weighted by Gasteiger charge is 2.19. The van der Waals surface area contributed by atoms with Crippen LogP contribution < -0.4 is 10.5 Å². The Kier molecular flexibility index (Phi) is 8.68. The molecule has 0 unspecified atom stereocenters. The standard InChI is InChI=1S/C31H32N2O2/c32-22-9-23-33(24-26-17-20-29(21-18-26)35-28-13-5-2-6-14-28)31(34)30-15-8-7-12-27(30)19-16-25-10-3-1-4-11-25/h1-8,10-15,17-18,20-21H,9,16,19,22-24,32H2. The van der Waals surface area contributed by atoms with E-state index in [1.165, 1.54) is 5.56 Å². The Labute approximate surface area is 208 Å². The van der Waals surface area contributed by atoms with Crippen LogP contribution in [0.25, 0.3) is 0 Å². The lowest BCUT2D eigenvalue weighted by Crippen LogP contribution is -2.33. The fourth-order valence-electron chi connectivity index (χ4n) is 4.08. The molecule has 4 rings (SSSR count). The zero-order valence-electron chi connectivity index (χ0n) is 20.0. The van der Waals surface area contributed by atoms with Gasteiger partial charge in [0.1, 0.15) is 11.5 Å². The summed E-state index contributed by atoms with van der Waals surface area (Å²) in [6, 6.07) is 36.0. The van der Waals surface area contributed by atoms with Gasteiger partial charge in [-0.2, -0.15) is 0 Å². The highest BCUT2D eigenvalue weighted by molar-refractivity contribution is 5.95. The van der Waals surface area contributed by atoms with E-state index in [0.29, 0.717) is 19.6 Å². The Balaban J connectivity index is 1.47. The van der Waals surface area contributed by atoms with Crippen LogP contribution in [-0.2, 0) is 19.4 Å². The van der Waals surface area contributed by atoms with Gasteiger partial charge in [0.15, 0.2) is 0 Å². The normalized spacial score (nSPS) is 10.7. The molecular weight excluding hydrogens is 432 g/mol. The number of nitrogens with zero attached hydrogens (tertiary/aromatic N) is 1. The summed E-state index contributed by atoms with van der Waals surface area (Å²) in [4.78, 5) is 15.6. The Morgan fingerprint density at radius 1 is 0.686 bits per heavy atom. The summed E-state index contributed by atoms with van der Waals surface area (Å²) in [5.41, 5.74) is 9.96. The minimum absolute atomic E-state index is 0.0479. The summed E-state index contributed by atoms with van der Waals surface area (Å²) in [5, 5.41) is 0. The SMILES string of the molecule is NCCCN(Cc1ccc(Oc2ccccc2)cc1)C(=O)c1ccccc1CCc1ccccc1. The van der Waals surface area contributed by atoms with Crippen LogP contribution in [0.15, 0.2) is 109 Å². The first-order chi connectivity index (χ1) is 17.2. The smallest absolute Gasteiger partial charge is 0.254 e. The third-order valence-electron chi connectivity index (χ3n) is 5.97. The number of carbonyl (C=O) groups is 1. The summed E-state index contributed by atoms with van der Waals surface area (Å²) >= 11 is 0. The van der Waals surface area contributed by atoms with E-state index in [1.807, 2.05) is 83.8 Å². The average molecular weight is 465 g/mol. The van der Waals surface area contributed by atoms with Gasteiger partial charge in [0, 0.05) is 18.7 Å². The number of rotatable bonds is 11. The van der Waals surface area contributed by atoms with E-state index >= 15 is 0 Å². The summed E-state index contributed by atoms with van der Waals surface area (Å²) in [5.74, 6) is 1.62. The quantitative estimate of drug-likeness (QED) is 0.285. The number of aryl methyl sites for hydroxylation is 2. The highest BCUT2D eigenvalue weighted by atomic mass is 16.5. The van der Waals surface area contributed by atoms with Crippen molar-refractivity contribution in [1.29, 1.82) is 0 Å². The van der Waals surface area contributed by atoms with Gasteiger partial charge in [0.05, 0.1) is 0 Å². The van der Waals surface area contributed by atoms with E-state index in [9.17, 15) is 4.79 Å². The van der Waals surface area contributed by atoms with Gasteiger partial charge in [-0.25, -0.2) is 0 Å². The molecule has 0 atom stereocenters. The lowest BCUT2D eigenvalue weighted by molar-refractivity contribution is 0.0741. The lowest BCUT2D eigenvalue weighted by Gasteiger charge is -2.24. The first-order valence-corrected chi connectivity index (χ1v) is 12.2. The minimum atomic E-state index is 0.0479. The summed E-state index contributed by atoms with van der Waals surface area (Å²) in [6.07, 6.45) is 2.48. The van der Waals surface area contributed by atoms with E-state index in [4.69, 9.17) is 10.5 Å². The zero-order chi connectivity index (χ0) is 24.3. The summed E-state index contributed by atoms with van der Waals surface area (Å²) in [7, 11) is 0. The second kappa shape index (κ2) is 12.5. The number of hydrogen-bond acceptors (Lipinski definition) is 3. The maximum Gasteiger partial charge on any atom is 0.254 e. The number of hydrogen-bond donors (Lipinski definition) is 1. The third-order valence-corrected chi connectivity index (χ3v) is 5.97. The molecule has 0 bridgehead atoms. The predicted octanol–water partition coefficient (Wildman–Crippen LogP) is 6.26. The first-order valence-electron chi connectivity index (χ1n) is 12.2. The number of benzene rings is 4. The molecule has 0 saturated carbocycles. The highest BCUT2D eigenvalue weighted by Crippen LogP contribution is 2.22. The third kappa shape index (κ3) is 7.05. The Morgan fingerprint density at radius 2 is 1.31 bits per heavy atom. The van der Waals surface area contributed by atoms with Crippen LogP contribution in [0.3, 0.4) is 0 Å². The van der Waals surface area contributed by atoms with Crippen molar-refractivity contribution in [3.05, 3.63) is 131 Å². The first kappa shape index (κ1) is 24.2. The molecule has 178 valence electrons. The van der Waals surface area contributed by atoms with Gasteiger partial charge in [-0.15, -0.1) is 0 Å². The van der Waals surface area contributed by atoms with Crippen molar-refractivity contribution in [2.45, 2.75) is 25.8 Å². The van der Waals surface area contributed by atoms with Crippen molar-refractivity contribution < 1.29 is 9.53 Å². The van der Waals surface area contributed by atoms with Crippen LogP contribution in [0.1, 0.15) is 33.5 Å². The number of amides is 1. The number of nitrogens with two attached hydrogens (primary N) is 1. The molecule has 35 heavy (non-hydrogen) atoms. The lowest BCUT2D eigenvalue weighted by atomic mass is 9.98. The molecule has 4 aromatic carbocycles. The topological polar surface area (TPSA) is 55.6 Å². The van der Waals surface area contributed by atoms with E-state index in [2.05, 4.69) is 30.3 Å². The van der Waals surface area contributed by atoms with Crippen molar-refractivity contribution >= 4 is 5.91 Å². The molecule has 0 saturated heterocycles. The van der Waals surface area contributed by atoms with E-state index in [-0.39, 0.29) is 5.91 Å². The zero-order valence-corrected chi connectivity index (χ0v) is 20.0. The predicted molar refractivity (Wildman–Crippen MR) is 142 cm³/mol. The van der Waals surface area contributed by atoms with E-state index in [1.54, 1.807) is 0 Å². The van der Waals surface area contributed by atoms with Crippen LogP contribution in [0, 0.1) is 0 Å². The van der Waals surface area contributed by atoms with Gasteiger partial charge in [-0.05, 0) is 72.8 Å². The van der Waals surface area contributed by atoms with Crippen LogP contribution in [0.2, 0.25) is 0 Å². The maximum absolute atomic E-state index is 13.7. The van der Waals surface area contributed by atoms with Gasteiger partial charge in [-0.1, -0.05) is 78.9 Å². The molecule has 0 aliphatic carbocycles. The van der Waals surface area contributed by atoms with Crippen molar-refractivity contribution in [3.8, 4) is 11.5 Å². The maximum atomic E-state index is 13.7. The molecule has 2 N–H and O–H groups in total. The molecule has 0 spiro atoms. The van der Waals surface area contributed by atoms with Gasteiger partial charge in [0.25, 0.3) is 5.91 Å². The molecule has 4 heteroatoms. The van der Waals surface area contributed by atoms with Crippen LogP contribution >= 0.6 is 0 Å². The molecule has 1 amide bonds. The molecule has 0 aliphatic heterocycles. The van der Waals surface area contributed by atoms with E-state index < -0.39 is 0 Å². The van der Waals surface area contributed by atoms with Crippen molar-refractivity contribution in [3.63, 3.8) is 0 Å². The van der Waals surface area contributed by atoms with Crippen molar-refractivity contribution in [1.82, 2.24) is 4.90 Å². The fourth-order valence-corrected chi connectivity index (χ4v) is 4.08. The second-order valence-electron chi connectivity index (χ2n) is 8.57. The van der Waals surface area contributed by atoms with Crippen LogP contribution in [0.5, 0.6) is 11.5 Å². The monoisotopic (exact) mass is 464 g/mol. The van der Waals surface area contributed by atoms with Gasteiger partial charge >= 0.3 is 0 Å². The molecule has 0 radical (unpaired) electrons. The largest absolute Gasteiger partial charge is 0.457 e. The molecule has 4 aromatic rings. The van der Waals surface area contributed by atoms with Gasteiger partial charge in [-0.3, -0.25) is 4.79 Å². The molecular formula is C31H32N2O2. The van der Waals surface area contributed by atoms with Crippen LogP contribution in [0.4, 0.5) is 0 Å². The molecule has 0 fully saturated rings. The average Bonchev–Trinajstić information content (AvgIpc) is 2.92.